The fourth-order valence-corrected chi connectivity index (χ4v) is 3.81. The first-order valence-electron chi connectivity index (χ1n) is 7.32. The average Bonchev–Trinajstić information content (AvgIpc) is 2.62. The molecule has 3 aromatic carbocycles. The molecule has 0 atom stereocenters. The van der Waals surface area contributed by atoms with Crippen LogP contribution in [0.1, 0.15) is 5.56 Å². The van der Waals surface area contributed by atoms with E-state index in [1.54, 1.807) is 36.0 Å². The molecule has 0 bridgehead atoms. The summed E-state index contributed by atoms with van der Waals surface area (Å²) in [5.41, 5.74) is 1.08. The smallest absolute Gasteiger partial charge is 0.123 e. The molecule has 0 unspecified atom stereocenters. The summed E-state index contributed by atoms with van der Waals surface area (Å²) in [5.74, 6) is -0.488. The molecule has 3 rings (SSSR count). The lowest BCUT2D eigenvalue weighted by molar-refractivity contribution is 0.626. The molecular weight excluding hydrogens is 342 g/mol. The molecule has 0 fully saturated rings. The normalized spacial score (nSPS) is 11.5. The van der Waals surface area contributed by atoms with E-state index < -0.39 is 0 Å². The van der Waals surface area contributed by atoms with Gasteiger partial charge in [0.25, 0.3) is 0 Å². The topological polar surface area (TPSA) is 0 Å². The zero-order chi connectivity index (χ0) is 16.8. The van der Waals surface area contributed by atoms with Gasteiger partial charge >= 0.3 is 0 Å². The largest absolute Gasteiger partial charge is 0.207 e. The first-order valence-corrected chi connectivity index (χ1v) is 9.01. The maximum absolute atomic E-state index is 13.1. The van der Waals surface area contributed by atoms with Gasteiger partial charge in [-0.1, -0.05) is 53.9 Å². The predicted molar refractivity (Wildman–Crippen MR) is 98.9 cm³/mol. The van der Waals surface area contributed by atoms with Crippen LogP contribution in [-0.2, 0) is 0 Å². The molecule has 0 saturated heterocycles. The maximum atomic E-state index is 13.1. The highest BCUT2D eigenvalue weighted by Gasteiger charge is 2.05. The summed E-state index contributed by atoms with van der Waals surface area (Å²) in [5, 5.41) is 2.04. The molecule has 24 heavy (non-hydrogen) atoms. The van der Waals surface area contributed by atoms with Gasteiger partial charge in [0.2, 0.25) is 0 Å². The van der Waals surface area contributed by atoms with Crippen molar-refractivity contribution in [3.63, 3.8) is 0 Å². The standard InChI is InChI=1S/C20H14F2S2/c21-16-6-10-18(11-7-16)23-14-20(15-4-2-1-3-5-15)24-19-12-8-17(22)9-13-19/h1-14H/b20-14+. The van der Waals surface area contributed by atoms with Crippen molar-refractivity contribution in [1.29, 1.82) is 0 Å². The Morgan fingerprint density at radius 2 is 1.21 bits per heavy atom. The summed E-state index contributed by atoms with van der Waals surface area (Å²) in [7, 11) is 0. The lowest BCUT2D eigenvalue weighted by Crippen LogP contribution is -1.81. The number of rotatable bonds is 5. The van der Waals surface area contributed by atoms with Crippen LogP contribution in [-0.4, -0.2) is 0 Å². The van der Waals surface area contributed by atoms with Gasteiger partial charge < -0.3 is 0 Å². The Morgan fingerprint density at radius 3 is 1.79 bits per heavy atom. The first kappa shape index (κ1) is 16.8. The molecule has 0 aliphatic heterocycles. The minimum atomic E-state index is -0.245. The quantitative estimate of drug-likeness (QED) is 0.459. The molecule has 4 heteroatoms. The van der Waals surface area contributed by atoms with Gasteiger partial charge in [-0.25, -0.2) is 8.78 Å². The summed E-state index contributed by atoms with van der Waals surface area (Å²) in [4.78, 5) is 2.98. The third-order valence-electron chi connectivity index (χ3n) is 3.22. The molecule has 0 saturated carbocycles. The van der Waals surface area contributed by atoms with E-state index >= 15 is 0 Å². The Bertz CT molecular complexity index is 811. The highest BCUT2D eigenvalue weighted by molar-refractivity contribution is 8.10. The van der Waals surface area contributed by atoms with E-state index in [2.05, 4.69) is 0 Å². The number of thioether (sulfide) groups is 2. The molecule has 0 radical (unpaired) electrons. The molecule has 0 aliphatic carbocycles. The highest BCUT2D eigenvalue weighted by atomic mass is 32.2. The SMILES string of the molecule is Fc1ccc(S/C=C(/Sc2ccc(F)cc2)c2ccccc2)cc1. The number of hydrogen-bond donors (Lipinski definition) is 0. The van der Waals surface area contributed by atoms with Crippen molar-refractivity contribution in [1.82, 2.24) is 0 Å². The molecule has 3 aromatic rings. The Labute approximate surface area is 148 Å². The summed E-state index contributed by atoms with van der Waals surface area (Å²) < 4.78 is 26.1. The third-order valence-corrected chi connectivity index (χ3v) is 5.34. The van der Waals surface area contributed by atoms with E-state index in [-0.39, 0.29) is 11.6 Å². The van der Waals surface area contributed by atoms with Gasteiger partial charge in [0, 0.05) is 14.7 Å². The molecule has 0 spiro atoms. The van der Waals surface area contributed by atoms with E-state index in [9.17, 15) is 8.78 Å². The van der Waals surface area contributed by atoms with Crippen LogP contribution in [0.5, 0.6) is 0 Å². The van der Waals surface area contributed by atoms with Crippen molar-refractivity contribution in [3.05, 3.63) is 101 Å². The molecule has 0 N–H and O–H groups in total. The van der Waals surface area contributed by atoms with Crippen molar-refractivity contribution >= 4 is 28.4 Å². The number of benzene rings is 3. The van der Waals surface area contributed by atoms with E-state index in [0.29, 0.717) is 0 Å². The van der Waals surface area contributed by atoms with Gasteiger partial charge in [-0.15, -0.1) is 0 Å². The van der Waals surface area contributed by atoms with Crippen LogP contribution in [0.3, 0.4) is 0 Å². The van der Waals surface area contributed by atoms with Gasteiger partial charge in [0.15, 0.2) is 0 Å². The van der Waals surface area contributed by atoms with Crippen LogP contribution < -0.4 is 0 Å². The second-order valence-corrected chi connectivity index (χ2v) is 7.03. The zero-order valence-corrected chi connectivity index (χ0v) is 14.3. The first-order chi connectivity index (χ1) is 11.7. The Kier molecular flexibility index (Phi) is 5.72. The maximum Gasteiger partial charge on any atom is 0.123 e. The van der Waals surface area contributed by atoms with E-state index in [4.69, 9.17) is 0 Å². The molecule has 120 valence electrons. The molecule has 0 amide bonds. The molecular formula is C20H14F2S2. The van der Waals surface area contributed by atoms with Crippen molar-refractivity contribution in [3.8, 4) is 0 Å². The Balaban J connectivity index is 1.85. The minimum absolute atomic E-state index is 0.243. The van der Waals surface area contributed by atoms with Crippen LogP contribution in [0.15, 0.2) is 94.1 Å². The van der Waals surface area contributed by atoms with Crippen LogP contribution >= 0.6 is 23.5 Å². The number of halogens is 2. The summed E-state index contributed by atoms with van der Waals surface area (Å²) >= 11 is 3.10. The van der Waals surface area contributed by atoms with Gasteiger partial charge in [-0.2, -0.15) is 0 Å². The Hall–Kier alpha value is -2.04. The molecule has 0 heterocycles. The summed E-state index contributed by atoms with van der Waals surface area (Å²) in [6, 6.07) is 22.8. The van der Waals surface area contributed by atoms with Crippen LogP contribution in [0.25, 0.3) is 4.91 Å². The monoisotopic (exact) mass is 356 g/mol. The summed E-state index contributed by atoms with van der Waals surface area (Å²) in [6.07, 6.45) is 0. The predicted octanol–water partition coefficient (Wildman–Crippen LogP) is 6.85. The highest BCUT2D eigenvalue weighted by Crippen LogP contribution is 2.37. The van der Waals surface area contributed by atoms with Crippen molar-refractivity contribution in [2.75, 3.05) is 0 Å². The second-order valence-electron chi connectivity index (χ2n) is 4.98. The van der Waals surface area contributed by atoms with Gasteiger partial charge in [0.1, 0.15) is 11.6 Å². The van der Waals surface area contributed by atoms with Gasteiger partial charge in [-0.05, 0) is 59.5 Å². The van der Waals surface area contributed by atoms with Crippen molar-refractivity contribution in [2.24, 2.45) is 0 Å². The zero-order valence-electron chi connectivity index (χ0n) is 12.7. The lowest BCUT2D eigenvalue weighted by Gasteiger charge is -2.08. The fourth-order valence-electron chi connectivity index (χ4n) is 2.02. The van der Waals surface area contributed by atoms with E-state index in [1.165, 1.54) is 36.0 Å². The molecule has 0 aromatic heterocycles. The summed E-state index contributed by atoms with van der Waals surface area (Å²) in [6.45, 7) is 0. The lowest BCUT2D eigenvalue weighted by atomic mass is 10.2. The van der Waals surface area contributed by atoms with E-state index in [1.807, 2.05) is 35.7 Å². The average molecular weight is 356 g/mol. The van der Waals surface area contributed by atoms with E-state index in [0.717, 1.165) is 20.3 Å². The Morgan fingerprint density at radius 1 is 0.667 bits per heavy atom. The second kappa shape index (κ2) is 8.18. The third kappa shape index (κ3) is 4.73. The van der Waals surface area contributed by atoms with Crippen LogP contribution in [0.4, 0.5) is 8.78 Å². The van der Waals surface area contributed by atoms with Crippen molar-refractivity contribution in [2.45, 2.75) is 9.79 Å². The van der Waals surface area contributed by atoms with Crippen molar-refractivity contribution < 1.29 is 8.78 Å². The molecule has 0 aliphatic rings. The number of hydrogen-bond acceptors (Lipinski definition) is 2. The molecule has 0 nitrogen and oxygen atoms in total. The van der Waals surface area contributed by atoms with Crippen LogP contribution in [0.2, 0.25) is 0 Å². The fraction of sp³-hybridized carbons (Fsp3) is 0. The van der Waals surface area contributed by atoms with Gasteiger partial charge in [0.05, 0.1) is 0 Å². The van der Waals surface area contributed by atoms with Crippen LogP contribution in [0, 0.1) is 11.6 Å². The minimum Gasteiger partial charge on any atom is -0.207 e. The van der Waals surface area contributed by atoms with Gasteiger partial charge in [-0.3, -0.25) is 0 Å².